The van der Waals surface area contributed by atoms with E-state index in [1.807, 2.05) is 30.3 Å². The summed E-state index contributed by atoms with van der Waals surface area (Å²) in [5.41, 5.74) is 5.55. The molecule has 4 aromatic rings. The Balaban J connectivity index is 1.35. The third-order valence-corrected chi connectivity index (χ3v) is 6.62. The first-order valence-corrected chi connectivity index (χ1v) is 11.2. The maximum atomic E-state index is 13.2. The van der Waals surface area contributed by atoms with Gasteiger partial charge in [-0.25, -0.2) is 8.78 Å². The maximum Gasteiger partial charge on any atom is 0.255 e. The highest BCUT2D eigenvalue weighted by Gasteiger charge is 2.25. The Morgan fingerprint density at radius 1 is 1.00 bits per heavy atom. The van der Waals surface area contributed by atoms with Crippen LogP contribution in [-0.4, -0.2) is 10.6 Å². The molecule has 3 aromatic carbocycles. The van der Waals surface area contributed by atoms with E-state index in [-0.39, 0.29) is 17.5 Å². The SMILES string of the molecule is Nn1c2c(c3cc(NC(=O)c4ccc(F)cc4)ccc31)CC(CCc1ccc(F)cc1)CC2. The third-order valence-electron chi connectivity index (χ3n) is 6.62. The normalized spacial score (nSPS) is 15.4. The molecule has 1 aromatic heterocycles. The molecule has 3 N–H and O–H groups in total. The van der Waals surface area contributed by atoms with Gasteiger partial charge in [0.1, 0.15) is 11.6 Å². The van der Waals surface area contributed by atoms with E-state index >= 15 is 0 Å². The molecule has 0 spiro atoms. The average Bonchev–Trinajstić information content (AvgIpc) is 3.10. The van der Waals surface area contributed by atoms with Gasteiger partial charge >= 0.3 is 0 Å². The van der Waals surface area contributed by atoms with Crippen LogP contribution in [0.25, 0.3) is 10.9 Å². The van der Waals surface area contributed by atoms with Crippen LogP contribution in [0.15, 0.2) is 66.7 Å². The molecule has 1 atom stereocenters. The molecule has 0 saturated heterocycles. The minimum absolute atomic E-state index is 0.209. The van der Waals surface area contributed by atoms with Gasteiger partial charge in [0.25, 0.3) is 5.91 Å². The molecule has 168 valence electrons. The highest BCUT2D eigenvalue weighted by molar-refractivity contribution is 6.05. The van der Waals surface area contributed by atoms with Gasteiger partial charge in [-0.3, -0.25) is 9.47 Å². The van der Waals surface area contributed by atoms with E-state index in [4.69, 9.17) is 5.84 Å². The Morgan fingerprint density at radius 2 is 1.70 bits per heavy atom. The van der Waals surface area contributed by atoms with E-state index in [1.165, 1.54) is 42.0 Å². The first kappa shape index (κ1) is 21.2. The fraction of sp³-hybridized carbons (Fsp3) is 0.222. The van der Waals surface area contributed by atoms with E-state index in [2.05, 4.69) is 5.32 Å². The maximum absolute atomic E-state index is 13.2. The van der Waals surface area contributed by atoms with E-state index in [1.54, 1.807) is 4.68 Å². The molecule has 1 aliphatic rings. The second-order valence-corrected chi connectivity index (χ2v) is 8.76. The number of hydrogen-bond acceptors (Lipinski definition) is 2. The zero-order chi connectivity index (χ0) is 22.9. The molecule has 6 heteroatoms. The zero-order valence-electron chi connectivity index (χ0n) is 18.2. The molecule has 5 rings (SSSR count). The van der Waals surface area contributed by atoms with Gasteiger partial charge in [0.05, 0.1) is 5.52 Å². The van der Waals surface area contributed by atoms with Crippen molar-refractivity contribution in [1.29, 1.82) is 0 Å². The summed E-state index contributed by atoms with van der Waals surface area (Å²) >= 11 is 0. The molecule has 1 unspecified atom stereocenters. The lowest BCUT2D eigenvalue weighted by atomic mass is 9.83. The summed E-state index contributed by atoms with van der Waals surface area (Å²) in [4.78, 5) is 12.6. The number of carbonyl (C=O) groups excluding carboxylic acids is 1. The summed E-state index contributed by atoms with van der Waals surface area (Å²) in [5.74, 6) is 6.05. The van der Waals surface area contributed by atoms with Gasteiger partial charge < -0.3 is 11.2 Å². The standard InChI is InChI=1S/C27H25F2N3O/c28-20-8-3-17(4-9-20)1-2-18-5-13-25-23(15-18)24-16-22(12-14-26(24)32(25)30)31-27(33)19-6-10-21(29)11-7-19/h3-4,6-12,14,16,18H,1-2,5,13,15,30H2,(H,31,33). The van der Waals surface area contributed by atoms with Gasteiger partial charge in [-0.1, -0.05) is 12.1 Å². The number of carbonyl (C=O) groups is 1. The number of anilines is 1. The number of nitrogens with zero attached hydrogens (tertiary/aromatic N) is 1. The van der Waals surface area contributed by atoms with Crippen LogP contribution < -0.4 is 11.2 Å². The minimum atomic E-state index is -0.377. The van der Waals surface area contributed by atoms with Crippen molar-refractivity contribution >= 4 is 22.5 Å². The number of nitrogens with one attached hydrogen (secondary N) is 1. The van der Waals surface area contributed by atoms with E-state index in [0.29, 0.717) is 17.2 Å². The van der Waals surface area contributed by atoms with E-state index in [0.717, 1.165) is 54.3 Å². The van der Waals surface area contributed by atoms with Gasteiger partial charge in [-0.05, 0) is 104 Å². The van der Waals surface area contributed by atoms with Crippen LogP contribution in [-0.2, 0) is 19.3 Å². The molecule has 1 heterocycles. The van der Waals surface area contributed by atoms with Crippen LogP contribution in [0.3, 0.4) is 0 Å². The summed E-state index contributed by atoms with van der Waals surface area (Å²) in [6.45, 7) is 0. The Bertz CT molecular complexity index is 1310. The topological polar surface area (TPSA) is 60.0 Å². The highest BCUT2D eigenvalue weighted by atomic mass is 19.1. The molecule has 0 aliphatic heterocycles. The van der Waals surface area contributed by atoms with Gasteiger partial charge in [0.15, 0.2) is 0 Å². The summed E-state index contributed by atoms with van der Waals surface area (Å²) in [5, 5.41) is 3.96. The van der Waals surface area contributed by atoms with Crippen molar-refractivity contribution < 1.29 is 13.6 Å². The quantitative estimate of drug-likeness (QED) is 0.392. The average molecular weight is 446 g/mol. The largest absolute Gasteiger partial charge is 0.339 e. The van der Waals surface area contributed by atoms with Gasteiger partial charge in [-0.2, -0.15) is 0 Å². The number of amides is 1. The number of nitrogens with two attached hydrogens (primary N) is 1. The summed E-state index contributed by atoms with van der Waals surface area (Å²) in [6.07, 6.45) is 4.85. The van der Waals surface area contributed by atoms with Crippen LogP contribution >= 0.6 is 0 Å². The lowest BCUT2D eigenvalue weighted by molar-refractivity contribution is 0.102. The lowest BCUT2D eigenvalue weighted by Gasteiger charge is -2.23. The van der Waals surface area contributed by atoms with E-state index < -0.39 is 0 Å². The third kappa shape index (κ3) is 4.33. The second-order valence-electron chi connectivity index (χ2n) is 8.76. The second kappa shape index (κ2) is 8.70. The molecule has 0 fully saturated rings. The summed E-state index contributed by atoms with van der Waals surface area (Å²) in [7, 11) is 0. The first-order chi connectivity index (χ1) is 16.0. The zero-order valence-corrected chi connectivity index (χ0v) is 18.2. The molecule has 0 radical (unpaired) electrons. The fourth-order valence-electron chi connectivity index (χ4n) is 4.82. The van der Waals surface area contributed by atoms with Crippen molar-refractivity contribution in [1.82, 2.24) is 4.68 Å². The first-order valence-electron chi connectivity index (χ1n) is 11.2. The van der Waals surface area contributed by atoms with Crippen molar-refractivity contribution in [2.45, 2.75) is 32.1 Å². The number of nitrogen functional groups attached to an aromatic ring is 1. The fourth-order valence-corrected chi connectivity index (χ4v) is 4.82. The number of fused-ring (bicyclic) bond motifs is 3. The van der Waals surface area contributed by atoms with Gasteiger partial charge in [-0.15, -0.1) is 0 Å². The van der Waals surface area contributed by atoms with Crippen LogP contribution in [0.2, 0.25) is 0 Å². The molecular formula is C27H25F2N3O. The van der Waals surface area contributed by atoms with Crippen molar-refractivity contribution in [2.75, 3.05) is 11.2 Å². The van der Waals surface area contributed by atoms with Crippen LogP contribution in [0.1, 0.15) is 40.0 Å². The molecule has 4 nitrogen and oxygen atoms in total. The Labute approximate surface area is 191 Å². The van der Waals surface area contributed by atoms with Crippen LogP contribution in [0.4, 0.5) is 14.5 Å². The number of halogens is 2. The predicted octanol–water partition coefficient (Wildman–Crippen LogP) is 5.62. The van der Waals surface area contributed by atoms with Crippen LogP contribution in [0, 0.1) is 17.6 Å². The molecule has 1 amide bonds. The van der Waals surface area contributed by atoms with Gasteiger partial charge in [0.2, 0.25) is 0 Å². The number of aryl methyl sites for hydroxylation is 1. The smallest absolute Gasteiger partial charge is 0.255 e. The summed E-state index contributed by atoms with van der Waals surface area (Å²) in [6, 6.07) is 17.9. The monoisotopic (exact) mass is 445 g/mol. The highest BCUT2D eigenvalue weighted by Crippen LogP contribution is 2.36. The molecule has 0 saturated carbocycles. The van der Waals surface area contributed by atoms with Crippen molar-refractivity contribution in [2.24, 2.45) is 5.92 Å². The van der Waals surface area contributed by atoms with E-state index in [9.17, 15) is 13.6 Å². The minimum Gasteiger partial charge on any atom is -0.339 e. The Kier molecular flexibility index (Phi) is 5.58. The number of benzene rings is 3. The van der Waals surface area contributed by atoms with Gasteiger partial charge in [0, 0.05) is 22.3 Å². The van der Waals surface area contributed by atoms with Crippen molar-refractivity contribution in [3.05, 3.63) is 101 Å². The molecule has 33 heavy (non-hydrogen) atoms. The predicted molar refractivity (Wildman–Crippen MR) is 127 cm³/mol. The molecule has 1 aliphatic carbocycles. The lowest BCUT2D eigenvalue weighted by Crippen LogP contribution is -2.19. The van der Waals surface area contributed by atoms with Crippen molar-refractivity contribution in [3.63, 3.8) is 0 Å². The number of rotatable bonds is 5. The molecule has 0 bridgehead atoms. The van der Waals surface area contributed by atoms with Crippen LogP contribution in [0.5, 0.6) is 0 Å². The molecular weight excluding hydrogens is 420 g/mol. The summed E-state index contributed by atoms with van der Waals surface area (Å²) < 4.78 is 28.1. The Hall–Kier alpha value is -3.67. The number of aromatic nitrogens is 1. The Morgan fingerprint density at radius 3 is 2.42 bits per heavy atom. The van der Waals surface area contributed by atoms with Crippen molar-refractivity contribution in [3.8, 4) is 0 Å². The number of hydrogen-bond donors (Lipinski definition) is 2.